The van der Waals surface area contributed by atoms with E-state index in [4.69, 9.17) is 16.3 Å². The fraction of sp³-hybridized carbons (Fsp3) is 0.417. The molecule has 0 aliphatic rings. The number of halogens is 5. The van der Waals surface area contributed by atoms with Crippen LogP contribution in [0.2, 0.25) is 5.02 Å². The van der Waals surface area contributed by atoms with Crippen molar-refractivity contribution in [2.75, 3.05) is 25.5 Å². The molecule has 0 spiro atoms. The van der Waals surface area contributed by atoms with Crippen LogP contribution >= 0.6 is 27.5 Å². The van der Waals surface area contributed by atoms with E-state index < -0.39 is 18.6 Å². The molecule has 0 bridgehead atoms. The van der Waals surface area contributed by atoms with Gasteiger partial charge in [0, 0.05) is 16.9 Å². The summed E-state index contributed by atoms with van der Waals surface area (Å²) in [6.07, 6.45) is -4.46. The maximum atomic E-state index is 12.5. The van der Waals surface area contributed by atoms with E-state index in [0.717, 1.165) is 0 Å². The van der Waals surface area contributed by atoms with Crippen molar-refractivity contribution in [3.8, 4) is 5.75 Å². The average Bonchev–Trinajstić information content (AvgIpc) is 2.35. The molecule has 3 nitrogen and oxygen atoms in total. The number of ether oxygens (including phenoxy) is 1. The number of hydrogen-bond donors (Lipinski definition) is 0. The molecule has 0 aliphatic heterocycles. The summed E-state index contributed by atoms with van der Waals surface area (Å²) in [4.78, 5) is 12.9. The highest BCUT2D eigenvalue weighted by molar-refractivity contribution is 9.09. The Morgan fingerprint density at radius 1 is 1.45 bits per heavy atom. The summed E-state index contributed by atoms with van der Waals surface area (Å²) in [6, 6.07) is 4.16. The highest BCUT2D eigenvalue weighted by Gasteiger charge is 2.33. The van der Waals surface area contributed by atoms with E-state index in [1.54, 1.807) is 0 Å². The lowest BCUT2D eigenvalue weighted by atomic mass is 10.1. The molecular formula is C12H12BrClF3NO2. The van der Waals surface area contributed by atoms with Crippen molar-refractivity contribution in [1.82, 2.24) is 4.90 Å². The average molecular weight is 375 g/mol. The summed E-state index contributed by atoms with van der Waals surface area (Å²) in [5.74, 6) is -0.612. The fourth-order valence-electron chi connectivity index (χ4n) is 1.58. The molecule has 0 unspecified atom stereocenters. The number of carbonyl (C=O) groups excluding carboxylic acids is 1. The molecule has 1 aromatic carbocycles. The second-order valence-electron chi connectivity index (χ2n) is 3.88. The van der Waals surface area contributed by atoms with Crippen LogP contribution in [-0.2, 0) is 0 Å². The first-order chi connectivity index (χ1) is 9.28. The molecule has 0 saturated heterocycles. The molecule has 1 amide bonds. The summed E-state index contributed by atoms with van der Waals surface area (Å²) >= 11 is 8.79. The predicted octanol–water partition coefficient (Wildman–Crippen LogP) is 3.75. The third-order valence-corrected chi connectivity index (χ3v) is 3.00. The number of nitrogens with zero attached hydrogens (tertiary/aromatic N) is 1. The first-order valence-electron chi connectivity index (χ1n) is 5.54. The Balaban J connectivity index is 3.06. The van der Waals surface area contributed by atoms with E-state index in [1.807, 2.05) is 0 Å². The molecule has 0 heterocycles. The van der Waals surface area contributed by atoms with Crippen LogP contribution in [0.4, 0.5) is 13.2 Å². The van der Waals surface area contributed by atoms with Crippen LogP contribution in [-0.4, -0.2) is 42.5 Å². The van der Waals surface area contributed by atoms with E-state index in [-0.39, 0.29) is 23.2 Å². The molecular weight excluding hydrogens is 362 g/mol. The number of rotatable bonds is 5. The third kappa shape index (κ3) is 4.86. The van der Waals surface area contributed by atoms with Crippen molar-refractivity contribution in [1.29, 1.82) is 0 Å². The van der Waals surface area contributed by atoms with Crippen molar-refractivity contribution >= 4 is 33.4 Å². The smallest absolute Gasteiger partial charge is 0.406 e. The molecule has 0 radical (unpaired) electrons. The minimum Gasteiger partial charge on any atom is -0.496 e. The van der Waals surface area contributed by atoms with Gasteiger partial charge in [0.1, 0.15) is 12.3 Å². The van der Waals surface area contributed by atoms with E-state index in [9.17, 15) is 18.0 Å². The first-order valence-corrected chi connectivity index (χ1v) is 7.04. The number of hydrogen-bond acceptors (Lipinski definition) is 2. The first kappa shape index (κ1) is 17.1. The lowest BCUT2D eigenvalue weighted by Gasteiger charge is -2.24. The maximum Gasteiger partial charge on any atom is 0.406 e. The van der Waals surface area contributed by atoms with Gasteiger partial charge in [-0.25, -0.2) is 0 Å². The van der Waals surface area contributed by atoms with Gasteiger partial charge in [0.15, 0.2) is 0 Å². The maximum absolute atomic E-state index is 12.5. The topological polar surface area (TPSA) is 29.5 Å². The summed E-state index contributed by atoms with van der Waals surface area (Å²) in [5, 5.41) is 0.575. The van der Waals surface area contributed by atoms with Crippen LogP contribution in [0, 0.1) is 0 Å². The van der Waals surface area contributed by atoms with E-state index in [1.165, 1.54) is 25.3 Å². The second-order valence-corrected chi connectivity index (χ2v) is 5.10. The monoisotopic (exact) mass is 373 g/mol. The molecule has 0 saturated carbocycles. The highest BCUT2D eigenvalue weighted by atomic mass is 79.9. The van der Waals surface area contributed by atoms with Crippen LogP contribution < -0.4 is 4.74 Å². The Morgan fingerprint density at radius 3 is 2.60 bits per heavy atom. The molecule has 1 rings (SSSR count). The van der Waals surface area contributed by atoms with Crippen molar-refractivity contribution in [2.45, 2.75) is 6.18 Å². The van der Waals surface area contributed by atoms with Crippen LogP contribution in [0.15, 0.2) is 18.2 Å². The van der Waals surface area contributed by atoms with Gasteiger partial charge in [-0.2, -0.15) is 13.2 Å². The third-order valence-electron chi connectivity index (χ3n) is 2.41. The van der Waals surface area contributed by atoms with Crippen molar-refractivity contribution < 1.29 is 22.7 Å². The van der Waals surface area contributed by atoms with Crippen LogP contribution in [0.3, 0.4) is 0 Å². The Kier molecular flexibility index (Phi) is 6.13. The molecule has 0 aromatic heterocycles. The Morgan fingerprint density at radius 2 is 2.10 bits per heavy atom. The van der Waals surface area contributed by atoms with E-state index in [0.29, 0.717) is 9.92 Å². The minimum absolute atomic E-state index is 0.0436. The molecule has 1 aromatic rings. The number of alkyl halides is 4. The van der Waals surface area contributed by atoms with Crippen LogP contribution in [0.1, 0.15) is 10.4 Å². The standard InChI is InChI=1S/C12H12BrClF3NO2/c1-20-10-6-8(14)2-3-9(10)11(19)18(5-4-13)7-12(15,16)17/h2-3,6H,4-5,7H2,1H3. The fourth-order valence-corrected chi connectivity index (χ4v) is 2.17. The SMILES string of the molecule is COc1cc(Cl)ccc1C(=O)N(CCBr)CC(F)(F)F. The van der Waals surface area contributed by atoms with Crippen molar-refractivity contribution in [3.63, 3.8) is 0 Å². The van der Waals surface area contributed by atoms with Crippen LogP contribution in [0.25, 0.3) is 0 Å². The Bertz CT molecular complexity index is 482. The van der Waals surface area contributed by atoms with Gasteiger partial charge >= 0.3 is 6.18 Å². The van der Waals surface area contributed by atoms with Gasteiger partial charge in [-0.15, -0.1) is 0 Å². The van der Waals surface area contributed by atoms with Gasteiger partial charge in [0.2, 0.25) is 0 Å². The molecule has 0 atom stereocenters. The summed E-state index contributed by atoms with van der Waals surface area (Å²) in [6.45, 7) is -1.38. The molecule has 20 heavy (non-hydrogen) atoms. The van der Waals surface area contributed by atoms with Crippen molar-refractivity contribution in [3.05, 3.63) is 28.8 Å². The zero-order valence-electron chi connectivity index (χ0n) is 10.5. The lowest BCUT2D eigenvalue weighted by molar-refractivity contribution is -0.140. The summed E-state index contributed by atoms with van der Waals surface area (Å²) in [5.41, 5.74) is 0.0436. The van der Waals surface area contributed by atoms with Gasteiger partial charge < -0.3 is 9.64 Å². The van der Waals surface area contributed by atoms with Gasteiger partial charge in [-0.3, -0.25) is 4.79 Å². The summed E-state index contributed by atoms with van der Waals surface area (Å²) < 4.78 is 42.5. The molecule has 0 aliphatic carbocycles. The van der Waals surface area contributed by atoms with Gasteiger partial charge in [-0.05, 0) is 18.2 Å². The number of benzene rings is 1. The Hall–Kier alpha value is -0.950. The second kappa shape index (κ2) is 7.17. The van der Waals surface area contributed by atoms with Crippen LogP contribution in [0.5, 0.6) is 5.75 Å². The summed E-state index contributed by atoms with van der Waals surface area (Å²) in [7, 11) is 1.32. The predicted molar refractivity (Wildman–Crippen MR) is 73.8 cm³/mol. The molecule has 0 fully saturated rings. The highest BCUT2D eigenvalue weighted by Crippen LogP contribution is 2.26. The van der Waals surface area contributed by atoms with Crippen molar-refractivity contribution in [2.24, 2.45) is 0 Å². The lowest BCUT2D eigenvalue weighted by Crippen LogP contribution is -2.40. The zero-order valence-corrected chi connectivity index (χ0v) is 12.8. The van der Waals surface area contributed by atoms with Gasteiger partial charge in [0.25, 0.3) is 5.91 Å². The largest absolute Gasteiger partial charge is 0.496 e. The van der Waals surface area contributed by atoms with E-state index >= 15 is 0 Å². The number of carbonyl (C=O) groups is 1. The van der Waals surface area contributed by atoms with E-state index in [2.05, 4.69) is 15.9 Å². The zero-order chi connectivity index (χ0) is 15.3. The van der Waals surface area contributed by atoms with Gasteiger partial charge in [-0.1, -0.05) is 27.5 Å². The molecule has 0 N–H and O–H groups in total. The number of amides is 1. The normalized spacial score (nSPS) is 11.3. The quantitative estimate of drug-likeness (QED) is 0.735. The van der Waals surface area contributed by atoms with Gasteiger partial charge in [0.05, 0.1) is 12.7 Å². The Labute approximate surface area is 127 Å². The molecule has 112 valence electrons. The molecule has 8 heteroatoms. The number of methoxy groups -OCH3 is 1. The minimum atomic E-state index is -4.46.